The second kappa shape index (κ2) is 5.44. The largest absolute Gasteiger partial charge is 0.495 e. The van der Waals surface area contributed by atoms with Crippen molar-refractivity contribution in [3.05, 3.63) is 23.2 Å². The quantitative estimate of drug-likeness (QED) is 0.853. The van der Waals surface area contributed by atoms with Crippen LogP contribution in [0.2, 0.25) is 5.02 Å². The van der Waals surface area contributed by atoms with E-state index in [2.05, 4.69) is 26.1 Å². The lowest BCUT2D eigenvalue weighted by atomic mass is 9.92. The van der Waals surface area contributed by atoms with E-state index >= 15 is 0 Å². The van der Waals surface area contributed by atoms with Gasteiger partial charge in [0.2, 0.25) is 0 Å². The van der Waals surface area contributed by atoms with Crippen LogP contribution in [0.5, 0.6) is 5.75 Å². The monoisotopic (exact) mass is 241 g/mol. The summed E-state index contributed by atoms with van der Waals surface area (Å²) in [7, 11) is 1.66. The van der Waals surface area contributed by atoms with Crippen LogP contribution in [0.1, 0.15) is 27.2 Å². The summed E-state index contributed by atoms with van der Waals surface area (Å²) in [6, 6.07) is 5.60. The zero-order valence-electron chi connectivity index (χ0n) is 10.4. The summed E-state index contributed by atoms with van der Waals surface area (Å²) in [6.07, 6.45) is 1.10. The highest BCUT2D eigenvalue weighted by Crippen LogP contribution is 2.28. The van der Waals surface area contributed by atoms with E-state index in [1.54, 1.807) is 7.11 Å². The van der Waals surface area contributed by atoms with Gasteiger partial charge in [0.25, 0.3) is 0 Å². The van der Waals surface area contributed by atoms with Crippen LogP contribution >= 0.6 is 11.6 Å². The molecule has 1 aromatic carbocycles. The van der Waals surface area contributed by atoms with Crippen molar-refractivity contribution in [2.75, 3.05) is 19.0 Å². The zero-order chi connectivity index (χ0) is 12.2. The van der Waals surface area contributed by atoms with E-state index in [0.717, 1.165) is 29.4 Å². The van der Waals surface area contributed by atoms with Crippen LogP contribution < -0.4 is 10.1 Å². The first-order valence-corrected chi connectivity index (χ1v) is 5.87. The van der Waals surface area contributed by atoms with Crippen molar-refractivity contribution in [3.8, 4) is 5.75 Å². The van der Waals surface area contributed by atoms with Gasteiger partial charge < -0.3 is 10.1 Å². The highest BCUT2D eigenvalue weighted by molar-refractivity contribution is 6.30. The molecule has 0 unspecified atom stereocenters. The molecule has 90 valence electrons. The number of anilines is 1. The molecule has 0 aliphatic carbocycles. The Bertz CT molecular complexity index is 344. The maximum atomic E-state index is 5.95. The van der Waals surface area contributed by atoms with Crippen molar-refractivity contribution in [3.63, 3.8) is 0 Å². The van der Waals surface area contributed by atoms with E-state index in [4.69, 9.17) is 16.3 Å². The number of ether oxygens (including phenoxy) is 1. The van der Waals surface area contributed by atoms with Gasteiger partial charge in [0.1, 0.15) is 5.75 Å². The van der Waals surface area contributed by atoms with Gasteiger partial charge in [-0.05, 0) is 30.0 Å². The lowest BCUT2D eigenvalue weighted by Gasteiger charge is -2.19. The molecule has 0 saturated heterocycles. The topological polar surface area (TPSA) is 21.3 Å². The van der Waals surface area contributed by atoms with Gasteiger partial charge in [0.05, 0.1) is 12.8 Å². The molecule has 0 aromatic heterocycles. The Hall–Kier alpha value is -0.890. The molecule has 0 heterocycles. The first-order valence-electron chi connectivity index (χ1n) is 5.50. The SMILES string of the molecule is COc1ccc(Cl)cc1NCCC(C)(C)C. The summed E-state index contributed by atoms with van der Waals surface area (Å²) < 4.78 is 5.26. The van der Waals surface area contributed by atoms with E-state index in [1.165, 1.54) is 0 Å². The molecule has 1 aromatic rings. The van der Waals surface area contributed by atoms with Gasteiger partial charge in [0, 0.05) is 11.6 Å². The third-order valence-corrected chi connectivity index (χ3v) is 2.59. The van der Waals surface area contributed by atoms with E-state index in [9.17, 15) is 0 Å². The van der Waals surface area contributed by atoms with Gasteiger partial charge in [-0.25, -0.2) is 0 Å². The van der Waals surface area contributed by atoms with Crippen LogP contribution in [0.25, 0.3) is 0 Å². The summed E-state index contributed by atoms with van der Waals surface area (Å²) in [5, 5.41) is 4.07. The maximum absolute atomic E-state index is 5.95. The van der Waals surface area contributed by atoms with Gasteiger partial charge in [-0.2, -0.15) is 0 Å². The van der Waals surface area contributed by atoms with Crippen LogP contribution in [0, 0.1) is 5.41 Å². The Kier molecular flexibility index (Phi) is 4.48. The molecule has 0 spiro atoms. The van der Waals surface area contributed by atoms with Crippen molar-refractivity contribution in [1.29, 1.82) is 0 Å². The lowest BCUT2D eigenvalue weighted by Crippen LogP contribution is -2.13. The predicted octanol–water partition coefficient (Wildman–Crippen LogP) is 4.20. The predicted molar refractivity (Wildman–Crippen MR) is 70.6 cm³/mol. The van der Waals surface area contributed by atoms with E-state index in [0.29, 0.717) is 5.41 Å². The molecule has 3 heteroatoms. The average molecular weight is 242 g/mol. The summed E-state index contributed by atoms with van der Waals surface area (Å²) in [6.45, 7) is 7.60. The molecule has 0 amide bonds. The minimum Gasteiger partial charge on any atom is -0.495 e. The summed E-state index contributed by atoms with van der Waals surface area (Å²) in [4.78, 5) is 0. The molecule has 16 heavy (non-hydrogen) atoms. The summed E-state index contributed by atoms with van der Waals surface area (Å²) >= 11 is 5.95. The minimum atomic E-state index is 0.332. The molecule has 0 atom stereocenters. The molecule has 0 bridgehead atoms. The third kappa shape index (κ3) is 4.31. The first kappa shape index (κ1) is 13.2. The van der Waals surface area contributed by atoms with Crippen LogP contribution in [0.4, 0.5) is 5.69 Å². The number of methoxy groups -OCH3 is 1. The van der Waals surface area contributed by atoms with Crippen molar-refractivity contribution in [2.24, 2.45) is 5.41 Å². The van der Waals surface area contributed by atoms with Gasteiger partial charge in [-0.1, -0.05) is 32.4 Å². The average Bonchev–Trinajstić information content (AvgIpc) is 2.16. The number of nitrogens with one attached hydrogen (secondary N) is 1. The molecule has 0 saturated carbocycles. The molecule has 1 N–H and O–H groups in total. The summed E-state index contributed by atoms with van der Waals surface area (Å²) in [5.74, 6) is 0.832. The third-order valence-electron chi connectivity index (χ3n) is 2.35. The number of benzene rings is 1. The van der Waals surface area contributed by atoms with Crippen molar-refractivity contribution in [2.45, 2.75) is 27.2 Å². The summed E-state index contributed by atoms with van der Waals surface area (Å²) in [5.41, 5.74) is 1.29. The zero-order valence-corrected chi connectivity index (χ0v) is 11.2. The van der Waals surface area contributed by atoms with Crippen molar-refractivity contribution >= 4 is 17.3 Å². The Morgan fingerprint density at radius 3 is 2.56 bits per heavy atom. The molecule has 0 aliphatic heterocycles. The van der Waals surface area contributed by atoms with Gasteiger partial charge in [-0.15, -0.1) is 0 Å². The second-order valence-corrected chi connectivity index (χ2v) is 5.52. The highest BCUT2D eigenvalue weighted by atomic mass is 35.5. The number of hydrogen-bond donors (Lipinski definition) is 1. The Morgan fingerprint density at radius 1 is 1.31 bits per heavy atom. The molecular weight excluding hydrogens is 222 g/mol. The van der Waals surface area contributed by atoms with Crippen molar-refractivity contribution < 1.29 is 4.74 Å². The van der Waals surface area contributed by atoms with Crippen molar-refractivity contribution in [1.82, 2.24) is 0 Å². The number of hydrogen-bond acceptors (Lipinski definition) is 2. The van der Waals surface area contributed by atoms with Crippen LogP contribution in [0.15, 0.2) is 18.2 Å². The van der Waals surface area contributed by atoms with Gasteiger partial charge >= 0.3 is 0 Å². The second-order valence-electron chi connectivity index (χ2n) is 5.08. The fourth-order valence-electron chi connectivity index (χ4n) is 1.39. The number of halogens is 1. The standard InChI is InChI=1S/C13H20ClNO/c1-13(2,3)7-8-15-11-9-10(14)5-6-12(11)16-4/h5-6,9,15H,7-8H2,1-4H3. The Balaban J connectivity index is 2.62. The maximum Gasteiger partial charge on any atom is 0.142 e. The van der Waals surface area contributed by atoms with Crippen LogP contribution in [-0.4, -0.2) is 13.7 Å². The Labute approximate surface area is 103 Å². The van der Waals surface area contributed by atoms with E-state index < -0.39 is 0 Å². The van der Waals surface area contributed by atoms with Crippen LogP contribution in [-0.2, 0) is 0 Å². The molecular formula is C13H20ClNO. The Morgan fingerprint density at radius 2 is 2.00 bits per heavy atom. The first-order chi connectivity index (χ1) is 7.42. The molecule has 1 rings (SSSR count). The normalized spacial score (nSPS) is 11.3. The molecule has 0 radical (unpaired) electrons. The molecule has 0 fully saturated rings. The van der Waals surface area contributed by atoms with E-state index in [-0.39, 0.29) is 0 Å². The van der Waals surface area contributed by atoms with Gasteiger partial charge in [0.15, 0.2) is 0 Å². The smallest absolute Gasteiger partial charge is 0.142 e. The molecule has 2 nitrogen and oxygen atoms in total. The van der Waals surface area contributed by atoms with Crippen LogP contribution in [0.3, 0.4) is 0 Å². The fourth-order valence-corrected chi connectivity index (χ4v) is 1.56. The lowest BCUT2D eigenvalue weighted by molar-refractivity contribution is 0.388. The van der Waals surface area contributed by atoms with Gasteiger partial charge in [-0.3, -0.25) is 0 Å². The number of rotatable bonds is 4. The van der Waals surface area contributed by atoms with E-state index in [1.807, 2.05) is 18.2 Å². The highest BCUT2D eigenvalue weighted by Gasteiger charge is 2.10. The molecule has 0 aliphatic rings. The fraction of sp³-hybridized carbons (Fsp3) is 0.538. The minimum absolute atomic E-state index is 0.332.